The third-order valence-corrected chi connectivity index (χ3v) is 4.60. The van der Waals surface area contributed by atoms with Gasteiger partial charge in [0.15, 0.2) is 11.5 Å². The third kappa shape index (κ3) is 4.02. The number of anilines is 1. The highest BCUT2D eigenvalue weighted by Gasteiger charge is 2.56. The van der Waals surface area contributed by atoms with Gasteiger partial charge in [-0.1, -0.05) is 12.1 Å². The first-order valence-corrected chi connectivity index (χ1v) is 8.55. The fourth-order valence-electron chi connectivity index (χ4n) is 2.84. The van der Waals surface area contributed by atoms with E-state index in [4.69, 9.17) is 9.47 Å². The zero-order valence-electron chi connectivity index (χ0n) is 15.2. The third-order valence-electron chi connectivity index (χ3n) is 4.60. The van der Waals surface area contributed by atoms with E-state index in [9.17, 15) is 14.0 Å². The SMILES string of the molecule is COc1ccc(CNC(=O)C2(C(=O)Nc3cccc(F)c3)CC2)cc1OC. The summed E-state index contributed by atoms with van der Waals surface area (Å²) in [7, 11) is 3.09. The van der Waals surface area contributed by atoms with Gasteiger partial charge in [-0.05, 0) is 48.7 Å². The van der Waals surface area contributed by atoms with Gasteiger partial charge in [-0.15, -0.1) is 0 Å². The predicted molar refractivity (Wildman–Crippen MR) is 98.1 cm³/mol. The van der Waals surface area contributed by atoms with Crippen LogP contribution < -0.4 is 20.1 Å². The molecule has 1 aliphatic carbocycles. The largest absolute Gasteiger partial charge is 0.493 e. The summed E-state index contributed by atoms with van der Waals surface area (Å²) in [6, 6.07) is 10.9. The molecule has 0 aromatic heterocycles. The molecule has 6 nitrogen and oxygen atoms in total. The first kappa shape index (κ1) is 18.7. The molecule has 0 saturated heterocycles. The average molecular weight is 372 g/mol. The minimum atomic E-state index is -1.09. The number of benzene rings is 2. The minimum absolute atomic E-state index is 0.258. The van der Waals surface area contributed by atoms with Crippen LogP contribution in [-0.4, -0.2) is 26.0 Å². The first-order valence-electron chi connectivity index (χ1n) is 8.55. The molecule has 142 valence electrons. The van der Waals surface area contributed by atoms with E-state index in [0.29, 0.717) is 30.0 Å². The van der Waals surface area contributed by atoms with E-state index in [1.165, 1.54) is 25.3 Å². The Balaban J connectivity index is 1.62. The van der Waals surface area contributed by atoms with Gasteiger partial charge in [0.25, 0.3) is 0 Å². The second-order valence-electron chi connectivity index (χ2n) is 6.42. The zero-order valence-corrected chi connectivity index (χ0v) is 15.2. The van der Waals surface area contributed by atoms with Crippen LogP contribution in [0, 0.1) is 11.2 Å². The molecule has 0 radical (unpaired) electrons. The Hall–Kier alpha value is -3.09. The Morgan fingerprint density at radius 3 is 2.41 bits per heavy atom. The summed E-state index contributed by atoms with van der Waals surface area (Å²) in [6.07, 6.45) is 0.928. The Kier molecular flexibility index (Phi) is 5.30. The number of rotatable bonds is 7. The van der Waals surface area contributed by atoms with Crippen molar-refractivity contribution in [3.63, 3.8) is 0 Å². The molecular formula is C20H21FN2O4. The van der Waals surface area contributed by atoms with Gasteiger partial charge >= 0.3 is 0 Å². The van der Waals surface area contributed by atoms with Gasteiger partial charge in [0.05, 0.1) is 14.2 Å². The first-order chi connectivity index (χ1) is 13.0. The number of carbonyl (C=O) groups is 2. The molecule has 2 aromatic carbocycles. The maximum atomic E-state index is 13.3. The number of hydrogen-bond acceptors (Lipinski definition) is 4. The highest BCUT2D eigenvalue weighted by atomic mass is 19.1. The fraction of sp³-hybridized carbons (Fsp3) is 0.300. The number of ether oxygens (including phenoxy) is 2. The monoisotopic (exact) mass is 372 g/mol. The Bertz CT molecular complexity index is 865. The molecule has 0 unspecified atom stereocenters. The molecular weight excluding hydrogens is 351 g/mol. The summed E-state index contributed by atoms with van der Waals surface area (Å²) in [5, 5.41) is 5.42. The van der Waals surface area contributed by atoms with Crippen LogP contribution in [0.25, 0.3) is 0 Å². The quantitative estimate of drug-likeness (QED) is 0.733. The van der Waals surface area contributed by atoms with Crippen LogP contribution in [0.3, 0.4) is 0 Å². The highest BCUT2D eigenvalue weighted by Crippen LogP contribution is 2.47. The highest BCUT2D eigenvalue weighted by molar-refractivity contribution is 6.13. The van der Waals surface area contributed by atoms with Gasteiger partial charge in [-0.2, -0.15) is 0 Å². The van der Waals surface area contributed by atoms with Crippen LogP contribution in [0.5, 0.6) is 11.5 Å². The van der Waals surface area contributed by atoms with Crippen molar-refractivity contribution >= 4 is 17.5 Å². The van der Waals surface area contributed by atoms with E-state index in [1.54, 1.807) is 25.3 Å². The van der Waals surface area contributed by atoms with Crippen LogP contribution in [0.4, 0.5) is 10.1 Å². The van der Waals surface area contributed by atoms with E-state index in [-0.39, 0.29) is 12.5 Å². The predicted octanol–water partition coefficient (Wildman–Crippen LogP) is 2.88. The fourth-order valence-corrected chi connectivity index (χ4v) is 2.84. The lowest BCUT2D eigenvalue weighted by atomic mass is 10.0. The second-order valence-corrected chi connectivity index (χ2v) is 6.42. The van der Waals surface area contributed by atoms with E-state index in [0.717, 1.165) is 5.56 Å². The van der Waals surface area contributed by atoms with Crippen molar-refractivity contribution in [2.24, 2.45) is 5.41 Å². The van der Waals surface area contributed by atoms with Gasteiger partial charge in [0, 0.05) is 12.2 Å². The molecule has 1 aliphatic rings. The van der Waals surface area contributed by atoms with Crippen LogP contribution in [0.1, 0.15) is 18.4 Å². The number of hydrogen-bond donors (Lipinski definition) is 2. The molecule has 0 aliphatic heterocycles. The standard InChI is InChI=1S/C20H21FN2O4/c1-26-16-7-6-13(10-17(16)27-2)12-22-18(24)20(8-9-20)19(25)23-15-5-3-4-14(21)11-15/h3-7,10-11H,8-9,12H2,1-2H3,(H,22,24)(H,23,25). The number of methoxy groups -OCH3 is 2. The molecule has 7 heteroatoms. The Labute approximate surface area is 156 Å². The zero-order chi connectivity index (χ0) is 19.4. The number of halogens is 1. The number of nitrogens with one attached hydrogen (secondary N) is 2. The molecule has 1 fully saturated rings. The summed E-state index contributed by atoms with van der Waals surface area (Å²) in [5.74, 6) is -0.0467. The number of amides is 2. The molecule has 0 heterocycles. The minimum Gasteiger partial charge on any atom is -0.493 e. The second kappa shape index (κ2) is 7.65. The molecule has 0 spiro atoms. The molecule has 2 aromatic rings. The van der Waals surface area contributed by atoms with Gasteiger partial charge in [-0.25, -0.2) is 4.39 Å². The van der Waals surface area contributed by atoms with Crippen LogP contribution >= 0.6 is 0 Å². The smallest absolute Gasteiger partial charge is 0.240 e. The van der Waals surface area contributed by atoms with Crippen molar-refractivity contribution in [3.05, 3.63) is 53.8 Å². The van der Waals surface area contributed by atoms with E-state index in [1.807, 2.05) is 6.07 Å². The van der Waals surface area contributed by atoms with Gasteiger partial charge in [0.1, 0.15) is 11.2 Å². The lowest BCUT2D eigenvalue weighted by Gasteiger charge is -2.16. The average Bonchev–Trinajstić information content (AvgIpc) is 3.48. The summed E-state index contributed by atoms with van der Waals surface area (Å²) in [6.45, 7) is 0.258. The van der Waals surface area contributed by atoms with E-state index in [2.05, 4.69) is 10.6 Å². The van der Waals surface area contributed by atoms with Gasteiger partial charge < -0.3 is 20.1 Å². The van der Waals surface area contributed by atoms with Crippen LogP contribution in [0.15, 0.2) is 42.5 Å². The maximum absolute atomic E-state index is 13.3. The van der Waals surface area contributed by atoms with E-state index >= 15 is 0 Å². The van der Waals surface area contributed by atoms with Crippen molar-refractivity contribution in [3.8, 4) is 11.5 Å². The normalized spacial score (nSPS) is 14.2. The summed E-state index contributed by atoms with van der Waals surface area (Å²) >= 11 is 0. The van der Waals surface area contributed by atoms with Crippen molar-refractivity contribution in [1.82, 2.24) is 5.32 Å². The molecule has 1 saturated carbocycles. The van der Waals surface area contributed by atoms with Gasteiger partial charge in [0.2, 0.25) is 11.8 Å². The van der Waals surface area contributed by atoms with Crippen LogP contribution in [-0.2, 0) is 16.1 Å². The summed E-state index contributed by atoms with van der Waals surface area (Å²) in [5.41, 5.74) is 0.0596. The summed E-state index contributed by atoms with van der Waals surface area (Å²) < 4.78 is 23.7. The maximum Gasteiger partial charge on any atom is 0.240 e. The molecule has 27 heavy (non-hydrogen) atoms. The topological polar surface area (TPSA) is 76.7 Å². The van der Waals surface area contributed by atoms with Crippen molar-refractivity contribution in [1.29, 1.82) is 0 Å². The van der Waals surface area contributed by atoms with Crippen molar-refractivity contribution in [2.75, 3.05) is 19.5 Å². The molecule has 2 N–H and O–H groups in total. The Morgan fingerprint density at radius 1 is 1.04 bits per heavy atom. The van der Waals surface area contributed by atoms with E-state index < -0.39 is 17.1 Å². The lowest BCUT2D eigenvalue weighted by molar-refractivity contribution is -0.134. The molecule has 2 amide bonds. The van der Waals surface area contributed by atoms with Crippen molar-refractivity contribution < 1.29 is 23.5 Å². The number of carbonyl (C=O) groups excluding carboxylic acids is 2. The summed E-state index contributed by atoms with van der Waals surface area (Å²) in [4.78, 5) is 25.1. The molecule has 3 rings (SSSR count). The lowest BCUT2D eigenvalue weighted by Crippen LogP contribution is -2.39. The molecule has 0 atom stereocenters. The van der Waals surface area contributed by atoms with Crippen molar-refractivity contribution in [2.45, 2.75) is 19.4 Å². The van der Waals surface area contributed by atoms with Gasteiger partial charge in [-0.3, -0.25) is 9.59 Å². The molecule has 0 bridgehead atoms. The van der Waals surface area contributed by atoms with Crippen LogP contribution in [0.2, 0.25) is 0 Å². The Morgan fingerprint density at radius 2 is 1.78 bits per heavy atom.